The topological polar surface area (TPSA) is 90.4 Å². The zero-order valence-electron chi connectivity index (χ0n) is 26.2. The maximum absolute atomic E-state index is 14.8. The van der Waals surface area contributed by atoms with E-state index in [-0.39, 0.29) is 42.2 Å². The summed E-state index contributed by atoms with van der Waals surface area (Å²) in [4.78, 5) is 48.5. The van der Waals surface area contributed by atoms with Crippen molar-refractivity contribution < 1.29 is 24.2 Å². The highest BCUT2D eigenvalue weighted by Crippen LogP contribution is 2.65. The van der Waals surface area contributed by atoms with Crippen LogP contribution >= 0.6 is 0 Å². The van der Waals surface area contributed by atoms with Gasteiger partial charge in [-0.2, -0.15) is 0 Å². The maximum atomic E-state index is 14.8. The molecule has 3 aliphatic heterocycles. The Hall–Kier alpha value is -2.19. The molecular weight excluding hydrogens is 506 g/mol. The Labute approximate surface area is 241 Å². The highest BCUT2D eigenvalue weighted by Gasteiger charge is 2.80. The third-order valence-corrected chi connectivity index (χ3v) is 9.30. The van der Waals surface area contributed by atoms with E-state index in [4.69, 9.17) is 4.74 Å². The van der Waals surface area contributed by atoms with Crippen LogP contribution in [0.2, 0.25) is 0 Å². The van der Waals surface area contributed by atoms with E-state index in [1.165, 1.54) is 0 Å². The van der Waals surface area contributed by atoms with Crippen molar-refractivity contribution >= 4 is 17.7 Å². The van der Waals surface area contributed by atoms with Crippen molar-refractivity contribution in [2.24, 2.45) is 23.2 Å². The lowest BCUT2D eigenvalue weighted by Gasteiger charge is -2.45. The van der Waals surface area contributed by atoms with Crippen molar-refractivity contribution in [2.75, 3.05) is 32.8 Å². The lowest BCUT2D eigenvalue weighted by atomic mass is 9.62. The molecule has 0 radical (unpaired) electrons. The molecule has 8 nitrogen and oxygen atoms in total. The van der Waals surface area contributed by atoms with Crippen LogP contribution in [0.15, 0.2) is 25.3 Å². The number of fused-ring (bicyclic) bond motifs is 1. The molecule has 40 heavy (non-hydrogen) atoms. The molecular formula is C32H53N3O5. The Morgan fingerprint density at radius 3 is 2.30 bits per heavy atom. The second kappa shape index (κ2) is 11.6. The Kier molecular flexibility index (Phi) is 9.37. The molecule has 3 aliphatic rings. The number of aliphatic hydroxyl groups excluding tert-OH is 1. The molecule has 3 amide bonds. The molecule has 3 rings (SSSR count). The second-order valence-electron chi connectivity index (χ2n) is 14.2. The van der Waals surface area contributed by atoms with Gasteiger partial charge in [-0.1, -0.05) is 46.8 Å². The molecule has 3 saturated heterocycles. The fraction of sp³-hybridized carbons (Fsp3) is 0.781. The van der Waals surface area contributed by atoms with Gasteiger partial charge in [0.15, 0.2) is 0 Å². The number of nitrogens with zero attached hydrogens (tertiary/aromatic N) is 3. The minimum atomic E-state index is -1.11. The van der Waals surface area contributed by atoms with Crippen LogP contribution in [0.4, 0.5) is 0 Å². The molecule has 6 atom stereocenters. The first-order valence-electron chi connectivity index (χ1n) is 15.0. The van der Waals surface area contributed by atoms with E-state index in [0.29, 0.717) is 32.5 Å². The zero-order valence-corrected chi connectivity index (χ0v) is 26.2. The summed E-state index contributed by atoms with van der Waals surface area (Å²) in [5.41, 5.74) is -2.53. The quantitative estimate of drug-likeness (QED) is 0.344. The molecule has 1 spiro atoms. The summed E-state index contributed by atoms with van der Waals surface area (Å²) in [6, 6.07) is -0.878. The van der Waals surface area contributed by atoms with Gasteiger partial charge in [0.1, 0.15) is 11.6 Å². The van der Waals surface area contributed by atoms with Gasteiger partial charge < -0.3 is 24.5 Å². The number of rotatable bonds is 13. The Morgan fingerprint density at radius 1 is 1.15 bits per heavy atom. The van der Waals surface area contributed by atoms with Gasteiger partial charge in [0.05, 0.1) is 17.4 Å². The summed E-state index contributed by atoms with van der Waals surface area (Å²) in [6.07, 6.45) is 5.84. The number of hydrogen-bond donors (Lipinski definition) is 1. The smallest absolute Gasteiger partial charge is 0.249 e. The standard InChI is InChI=1S/C32H53N3O5/c1-11-15-33(16-12-2)26(37)23-24-27(38)34(18-14-19-36)25(32(24)20-22(4)31(23,10)40-32)28(39)35(17-13-3)30(8,9)21-29(5,6)7/h11,13,22-25,36H,1,3,12,14-21H2,2,4-10H3/t22?,23-,24-,25?,31+,32?/m0/s1. The molecule has 3 fully saturated rings. The number of carbonyl (C=O) groups is 3. The van der Waals surface area contributed by atoms with Gasteiger partial charge in [-0.25, -0.2) is 0 Å². The van der Waals surface area contributed by atoms with Gasteiger partial charge in [-0.15, -0.1) is 13.2 Å². The van der Waals surface area contributed by atoms with E-state index in [1.807, 2.05) is 18.7 Å². The molecule has 2 bridgehead atoms. The summed E-state index contributed by atoms with van der Waals surface area (Å²) >= 11 is 0. The first kappa shape index (κ1) is 32.3. The molecule has 0 aromatic rings. The third kappa shape index (κ3) is 5.38. The summed E-state index contributed by atoms with van der Waals surface area (Å²) < 4.78 is 6.91. The number of likely N-dealkylation sites (tertiary alicyclic amines) is 1. The first-order valence-corrected chi connectivity index (χ1v) is 15.0. The predicted molar refractivity (Wildman–Crippen MR) is 157 cm³/mol. The monoisotopic (exact) mass is 559 g/mol. The highest BCUT2D eigenvalue weighted by molar-refractivity contribution is 5.99. The number of carbonyl (C=O) groups excluding carboxylic acids is 3. The van der Waals surface area contributed by atoms with Gasteiger partial charge in [-0.3, -0.25) is 14.4 Å². The van der Waals surface area contributed by atoms with Crippen molar-refractivity contribution in [1.82, 2.24) is 14.7 Å². The lowest BCUT2D eigenvalue weighted by molar-refractivity contribution is -0.158. The molecule has 0 aromatic carbocycles. The predicted octanol–water partition coefficient (Wildman–Crippen LogP) is 4.03. The van der Waals surface area contributed by atoms with Crippen LogP contribution in [0.5, 0.6) is 0 Å². The molecule has 3 heterocycles. The van der Waals surface area contributed by atoms with Gasteiger partial charge in [0, 0.05) is 38.3 Å². The highest BCUT2D eigenvalue weighted by atomic mass is 16.5. The zero-order chi connectivity index (χ0) is 30.3. The van der Waals surface area contributed by atoms with Crippen molar-refractivity contribution in [3.05, 3.63) is 25.3 Å². The summed E-state index contributed by atoms with van der Waals surface area (Å²) in [5.74, 6) is -1.98. The van der Waals surface area contributed by atoms with Crippen LogP contribution in [0, 0.1) is 23.2 Å². The van der Waals surface area contributed by atoms with E-state index in [9.17, 15) is 19.5 Å². The summed E-state index contributed by atoms with van der Waals surface area (Å²) in [7, 11) is 0. The van der Waals surface area contributed by atoms with Crippen molar-refractivity contribution in [2.45, 2.75) is 104 Å². The van der Waals surface area contributed by atoms with Crippen LogP contribution in [0.1, 0.15) is 81.1 Å². The lowest BCUT2D eigenvalue weighted by Crippen LogP contribution is -2.61. The fourth-order valence-electron chi connectivity index (χ4n) is 8.09. The SMILES string of the molecule is C=CCN(CCC)C(=O)[C@@H]1[C@H]2C(=O)N(CCCO)C(C(=O)N(CC=C)C(C)(C)CC(C)(C)C)C23CC(C)[C@@]1(C)O3. The average Bonchev–Trinajstić information content (AvgIpc) is 3.35. The molecule has 1 N–H and O–H groups in total. The minimum absolute atomic E-state index is 0.0266. The third-order valence-electron chi connectivity index (χ3n) is 9.30. The molecule has 226 valence electrons. The van der Waals surface area contributed by atoms with Gasteiger partial charge in [0.25, 0.3) is 0 Å². The molecule has 0 aliphatic carbocycles. The van der Waals surface area contributed by atoms with Gasteiger partial charge in [-0.05, 0) is 57.8 Å². The van der Waals surface area contributed by atoms with E-state index in [0.717, 1.165) is 12.8 Å². The molecule has 0 aromatic heterocycles. The van der Waals surface area contributed by atoms with E-state index in [1.54, 1.807) is 22.0 Å². The van der Waals surface area contributed by atoms with Crippen molar-refractivity contribution in [3.8, 4) is 0 Å². The minimum Gasteiger partial charge on any atom is -0.396 e. The van der Waals surface area contributed by atoms with E-state index >= 15 is 0 Å². The first-order chi connectivity index (χ1) is 18.6. The van der Waals surface area contributed by atoms with Crippen LogP contribution in [-0.2, 0) is 19.1 Å². The largest absolute Gasteiger partial charge is 0.396 e. The Balaban J connectivity index is 2.15. The molecule has 0 saturated carbocycles. The second-order valence-corrected chi connectivity index (χ2v) is 14.2. The van der Waals surface area contributed by atoms with Crippen LogP contribution in [0.25, 0.3) is 0 Å². The van der Waals surface area contributed by atoms with Crippen LogP contribution in [-0.4, -0.2) is 93.1 Å². The van der Waals surface area contributed by atoms with Crippen LogP contribution in [0.3, 0.4) is 0 Å². The van der Waals surface area contributed by atoms with Gasteiger partial charge >= 0.3 is 0 Å². The van der Waals surface area contributed by atoms with E-state index < -0.39 is 34.6 Å². The summed E-state index contributed by atoms with van der Waals surface area (Å²) in [5, 5.41) is 9.69. The molecule has 3 unspecified atom stereocenters. The van der Waals surface area contributed by atoms with Crippen molar-refractivity contribution in [1.29, 1.82) is 0 Å². The van der Waals surface area contributed by atoms with Crippen molar-refractivity contribution in [3.63, 3.8) is 0 Å². The number of hydrogen-bond acceptors (Lipinski definition) is 5. The summed E-state index contributed by atoms with van der Waals surface area (Å²) in [6.45, 7) is 25.8. The number of amides is 3. The Morgan fingerprint density at radius 2 is 1.77 bits per heavy atom. The Bertz CT molecular complexity index is 1000. The van der Waals surface area contributed by atoms with Crippen LogP contribution < -0.4 is 0 Å². The van der Waals surface area contributed by atoms with Gasteiger partial charge in [0.2, 0.25) is 17.7 Å². The fourth-order valence-corrected chi connectivity index (χ4v) is 8.09. The normalized spacial score (nSPS) is 31.3. The number of aliphatic hydroxyl groups is 1. The molecule has 8 heteroatoms. The number of ether oxygens (including phenoxy) is 1. The average molecular weight is 560 g/mol. The van der Waals surface area contributed by atoms with E-state index in [2.05, 4.69) is 54.7 Å². The maximum Gasteiger partial charge on any atom is 0.249 e.